The number of fused-ring (bicyclic) bond motifs is 1. The van der Waals surface area contributed by atoms with Crippen molar-refractivity contribution in [2.24, 2.45) is 0 Å². The monoisotopic (exact) mass is 273 g/mol. The van der Waals surface area contributed by atoms with E-state index in [1.807, 2.05) is 12.1 Å². The standard InChI is InChI=1S/C14H9ClFN3/c15-9-1-4-11(5-2-9)19-14-12-7-10(16)3-6-13(12)17-8-18-14/h1-8H,(H,17,18,19). The molecular formula is C14H9ClFN3. The number of aromatic nitrogens is 2. The average molecular weight is 274 g/mol. The molecule has 0 bridgehead atoms. The van der Waals surface area contributed by atoms with Crippen molar-refractivity contribution in [3.05, 3.63) is 59.6 Å². The fourth-order valence-electron chi connectivity index (χ4n) is 1.80. The fourth-order valence-corrected chi connectivity index (χ4v) is 1.92. The van der Waals surface area contributed by atoms with E-state index >= 15 is 0 Å². The summed E-state index contributed by atoms with van der Waals surface area (Å²) in [6.45, 7) is 0. The van der Waals surface area contributed by atoms with Gasteiger partial charge in [0.2, 0.25) is 0 Å². The molecule has 0 amide bonds. The van der Waals surface area contributed by atoms with Crippen LogP contribution in [0.15, 0.2) is 48.8 Å². The van der Waals surface area contributed by atoms with Crippen LogP contribution in [-0.2, 0) is 0 Å². The molecule has 0 aliphatic carbocycles. The average Bonchev–Trinajstić information content (AvgIpc) is 2.42. The van der Waals surface area contributed by atoms with E-state index in [9.17, 15) is 4.39 Å². The van der Waals surface area contributed by atoms with E-state index in [1.165, 1.54) is 18.5 Å². The van der Waals surface area contributed by atoms with Crippen LogP contribution in [0.1, 0.15) is 0 Å². The molecule has 0 fully saturated rings. The van der Waals surface area contributed by atoms with E-state index in [4.69, 9.17) is 11.6 Å². The first-order valence-corrected chi connectivity index (χ1v) is 6.03. The maximum Gasteiger partial charge on any atom is 0.141 e. The Morgan fingerprint density at radius 1 is 1.00 bits per heavy atom. The molecule has 3 nitrogen and oxygen atoms in total. The highest BCUT2D eigenvalue weighted by Crippen LogP contribution is 2.24. The summed E-state index contributed by atoms with van der Waals surface area (Å²) >= 11 is 5.83. The summed E-state index contributed by atoms with van der Waals surface area (Å²) in [4.78, 5) is 8.24. The Labute approximate surface area is 114 Å². The lowest BCUT2D eigenvalue weighted by molar-refractivity contribution is 0.629. The minimum absolute atomic E-state index is 0.318. The van der Waals surface area contributed by atoms with Crippen molar-refractivity contribution >= 4 is 34.0 Å². The number of halogens is 2. The number of rotatable bonds is 2. The van der Waals surface area contributed by atoms with E-state index in [0.717, 1.165) is 5.69 Å². The van der Waals surface area contributed by atoms with Crippen molar-refractivity contribution in [2.45, 2.75) is 0 Å². The van der Waals surface area contributed by atoms with Crippen molar-refractivity contribution < 1.29 is 4.39 Å². The van der Waals surface area contributed by atoms with Gasteiger partial charge in [0, 0.05) is 16.1 Å². The van der Waals surface area contributed by atoms with Gasteiger partial charge in [-0.3, -0.25) is 0 Å². The normalized spacial score (nSPS) is 10.6. The predicted molar refractivity (Wildman–Crippen MR) is 74.2 cm³/mol. The van der Waals surface area contributed by atoms with Crippen LogP contribution in [0.25, 0.3) is 10.9 Å². The van der Waals surface area contributed by atoms with Gasteiger partial charge >= 0.3 is 0 Å². The molecule has 3 rings (SSSR count). The van der Waals surface area contributed by atoms with Gasteiger partial charge in [-0.1, -0.05) is 11.6 Å². The molecular weight excluding hydrogens is 265 g/mol. The summed E-state index contributed by atoms with van der Waals surface area (Å²) in [5.41, 5.74) is 1.52. The molecule has 94 valence electrons. The number of hydrogen-bond donors (Lipinski definition) is 1. The summed E-state index contributed by atoms with van der Waals surface area (Å²) in [7, 11) is 0. The first-order valence-electron chi connectivity index (χ1n) is 5.65. The molecule has 5 heteroatoms. The second-order valence-corrected chi connectivity index (χ2v) is 4.45. The number of benzene rings is 2. The topological polar surface area (TPSA) is 37.8 Å². The molecule has 3 aromatic rings. The minimum Gasteiger partial charge on any atom is -0.340 e. The molecule has 0 atom stereocenters. The summed E-state index contributed by atoms with van der Waals surface area (Å²) in [6.07, 6.45) is 1.44. The lowest BCUT2D eigenvalue weighted by Crippen LogP contribution is -1.96. The summed E-state index contributed by atoms with van der Waals surface area (Å²) < 4.78 is 13.3. The first-order chi connectivity index (χ1) is 9.22. The molecule has 0 saturated carbocycles. The van der Waals surface area contributed by atoms with Gasteiger partial charge in [-0.15, -0.1) is 0 Å². The molecule has 1 N–H and O–H groups in total. The predicted octanol–water partition coefficient (Wildman–Crippen LogP) is 4.17. The van der Waals surface area contributed by atoms with Gasteiger partial charge < -0.3 is 5.32 Å². The Hall–Kier alpha value is -2.20. The van der Waals surface area contributed by atoms with Crippen molar-refractivity contribution in [3.8, 4) is 0 Å². The molecule has 1 heterocycles. The van der Waals surface area contributed by atoms with E-state index in [-0.39, 0.29) is 5.82 Å². The second kappa shape index (κ2) is 4.82. The van der Waals surface area contributed by atoms with Gasteiger partial charge in [0.25, 0.3) is 0 Å². The van der Waals surface area contributed by atoms with Crippen LogP contribution < -0.4 is 5.32 Å². The Morgan fingerprint density at radius 3 is 2.58 bits per heavy atom. The van der Waals surface area contributed by atoms with Crippen molar-refractivity contribution in [2.75, 3.05) is 5.32 Å². The van der Waals surface area contributed by atoms with E-state index in [2.05, 4.69) is 15.3 Å². The molecule has 0 aliphatic heterocycles. The van der Waals surface area contributed by atoms with Gasteiger partial charge in [0.05, 0.1) is 5.52 Å². The number of nitrogens with one attached hydrogen (secondary N) is 1. The van der Waals surface area contributed by atoms with Gasteiger partial charge in [0.1, 0.15) is 18.0 Å². The van der Waals surface area contributed by atoms with Crippen molar-refractivity contribution in [1.29, 1.82) is 0 Å². The molecule has 0 saturated heterocycles. The maximum absolute atomic E-state index is 13.3. The van der Waals surface area contributed by atoms with Crippen LogP contribution >= 0.6 is 11.6 Å². The maximum atomic E-state index is 13.3. The second-order valence-electron chi connectivity index (χ2n) is 4.02. The zero-order valence-corrected chi connectivity index (χ0v) is 10.5. The van der Waals surface area contributed by atoms with Crippen LogP contribution in [0.5, 0.6) is 0 Å². The quantitative estimate of drug-likeness (QED) is 0.762. The highest BCUT2D eigenvalue weighted by molar-refractivity contribution is 6.30. The number of anilines is 2. The molecule has 19 heavy (non-hydrogen) atoms. The molecule has 2 aromatic carbocycles. The molecule has 0 spiro atoms. The fraction of sp³-hybridized carbons (Fsp3) is 0. The lowest BCUT2D eigenvalue weighted by atomic mass is 10.2. The largest absolute Gasteiger partial charge is 0.340 e. The van der Waals surface area contributed by atoms with E-state index in [0.29, 0.717) is 21.7 Å². The van der Waals surface area contributed by atoms with Crippen molar-refractivity contribution in [3.63, 3.8) is 0 Å². The zero-order valence-electron chi connectivity index (χ0n) is 9.77. The summed E-state index contributed by atoms with van der Waals surface area (Å²) in [5.74, 6) is 0.244. The molecule has 1 aromatic heterocycles. The number of nitrogens with zero attached hydrogens (tertiary/aromatic N) is 2. The molecule has 0 radical (unpaired) electrons. The minimum atomic E-state index is -0.318. The lowest BCUT2D eigenvalue weighted by Gasteiger charge is -2.08. The Kier molecular flexibility index (Phi) is 3.01. The number of hydrogen-bond acceptors (Lipinski definition) is 3. The van der Waals surface area contributed by atoms with E-state index in [1.54, 1.807) is 18.2 Å². The van der Waals surface area contributed by atoms with Crippen LogP contribution in [0.2, 0.25) is 5.02 Å². The molecule has 0 unspecified atom stereocenters. The highest BCUT2D eigenvalue weighted by atomic mass is 35.5. The third-order valence-corrected chi connectivity index (χ3v) is 2.96. The van der Waals surface area contributed by atoms with Crippen LogP contribution in [0, 0.1) is 5.82 Å². The van der Waals surface area contributed by atoms with Gasteiger partial charge in [0.15, 0.2) is 0 Å². The Bertz CT molecular complexity index is 728. The van der Waals surface area contributed by atoms with Gasteiger partial charge in [-0.2, -0.15) is 0 Å². The van der Waals surface area contributed by atoms with E-state index < -0.39 is 0 Å². The van der Waals surface area contributed by atoms with Crippen LogP contribution in [0.4, 0.5) is 15.9 Å². The van der Waals surface area contributed by atoms with Crippen LogP contribution in [-0.4, -0.2) is 9.97 Å². The van der Waals surface area contributed by atoms with Gasteiger partial charge in [-0.05, 0) is 42.5 Å². The summed E-state index contributed by atoms with van der Waals surface area (Å²) in [6, 6.07) is 11.6. The highest BCUT2D eigenvalue weighted by Gasteiger charge is 2.05. The van der Waals surface area contributed by atoms with Gasteiger partial charge in [-0.25, -0.2) is 14.4 Å². The summed E-state index contributed by atoms with van der Waals surface area (Å²) in [5, 5.41) is 4.42. The Morgan fingerprint density at radius 2 is 1.79 bits per heavy atom. The third-order valence-electron chi connectivity index (χ3n) is 2.70. The smallest absolute Gasteiger partial charge is 0.141 e. The Balaban J connectivity index is 2.05. The third kappa shape index (κ3) is 2.48. The molecule has 0 aliphatic rings. The zero-order chi connectivity index (χ0) is 13.2. The SMILES string of the molecule is Fc1ccc2ncnc(Nc3ccc(Cl)cc3)c2c1. The van der Waals surface area contributed by atoms with Crippen LogP contribution in [0.3, 0.4) is 0 Å². The van der Waals surface area contributed by atoms with Crippen molar-refractivity contribution in [1.82, 2.24) is 9.97 Å². The first kappa shape index (κ1) is 11.9.